The predicted octanol–water partition coefficient (Wildman–Crippen LogP) is 1.24. The summed E-state index contributed by atoms with van der Waals surface area (Å²) in [7, 11) is 4.18. The third-order valence-electron chi connectivity index (χ3n) is 2.60. The van der Waals surface area contributed by atoms with Crippen LogP contribution in [0, 0.1) is 0 Å². The van der Waals surface area contributed by atoms with Crippen LogP contribution in [0.15, 0.2) is 12.4 Å². The van der Waals surface area contributed by atoms with E-state index in [1.165, 1.54) is 6.42 Å². The van der Waals surface area contributed by atoms with Crippen molar-refractivity contribution in [1.29, 1.82) is 0 Å². The fourth-order valence-corrected chi connectivity index (χ4v) is 1.61. The van der Waals surface area contributed by atoms with E-state index >= 15 is 0 Å². The first-order valence-corrected chi connectivity index (χ1v) is 5.97. The maximum Gasteiger partial charge on any atom is 0.122 e. The highest BCUT2D eigenvalue weighted by atomic mass is 15.1. The molecule has 0 saturated carbocycles. The number of rotatable bonds is 7. The number of nitrogens with one attached hydrogen (secondary N) is 1. The van der Waals surface area contributed by atoms with Crippen LogP contribution in [0.4, 0.5) is 0 Å². The molecule has 4 heteroatoms. The molecule has 92 valence electrons. The molecular formula is C12H24N4. The molecule has 0 aromatic carbocycles. The second kappa shape index (κ2) is 6.66. The van der Waals surface area contributed by atoms with E-state index in [4.69, 9.17) is 0 Å². The first kappa shape index (κ1) is 13.2. The van der Waals surface area contributed by atoms with Gasteiger partial charge in [-0.2, -0.15) is 0 Å². The molecule has 1 N–H and O–H groups in total. The summed E-state index contributed by atoms with van der Waals surface area (Å²) in [4.78, 5) is 6.63. The minimum atomic E-state index is 0.583. The highest BCUT2D eigenvalue weighted by molar-refractivity contribution is 4.90. The average Bonchev–Trinajstić information content (AvgIpc) is 2.59. The first-order chi connectivity index (χ1) is 7.59. The largest absolute Gasteiger partial charge is 0.337 e. The molecule has 1 rings (SSSR count). The Bertz CT molecular complexity index is 293. The van der Waals surface area contributed by atoms with Crippen LogP contribution in [0.2, 0.25) is 0 Å². The molecular weight excluding hydrogens is 200 g/mol. The molecule has 0 fully saturated rings. The van der Waals surface area contributed by atoms with Crippen molar-refractivity contribution in [3.63, 3.8) is 0 Å². The van der Waals surface area contributed by atoms with Crippen molar-refractivity contribution in [2.24, 2.45) is 7.05 Å². The Balaban J connectivity index is 2.16. The molecule has 16 heavy (non-hydrogen) atoms. The van der Waals surface area contributed by atoms with E-state index < -0.39 is 0 Å². The van der Waals surface area contributed by atoms with Crippen LogP contribution < -0.4 is 5.32 Å². The highest BCUT2D eigenvalue weighted by Crippen LogP contribution is 1.99. The second-order valence-electron chi connectivity index (χ2n) is 4.65. The van der Waals surface area contributed by atoms with Gasteiger partial charge in [-0.25, -0.2) is 4.98 Å². The zero-order valence-corrected chi connectivity index (χ0v) is 10.9. The van der Waals surface area contributed by atoms with Gasteiger partial charge in [-0.1, -0.05) is 13.8 Å². The van der Waals surface area contributed by atoms with Crippen LogP contribution in [-0.2, 0) is 13.6 Å². The maximum absolute atomic E-state index is 4.32. The van der Waals surface area contributed by atoms with E-state index in [0.29, 0.717) is 6.04 Å². The van der Waals surface area contributed by atoms with Crippen LogP contribution in [0.1, 0.15) is 26.1 Å². The van der Waals surface area contributed by atoms with Gasteiger partial charge in [0.15, 0.2) is 0 Å². The monoisotopic (exact) mass is 224 g/mol. The number of nitrogens with zero attached hydrogens (tertiary/aromatic N) is 3. The third kappa shape index (κ3) is 4.77. The molecule has 0 aliphatic rings. The van der Waals surface area contributed by atoms with Gasteiger partial charge in [-0.3, -0.25) is 4.90 Å². The Morgan fingerprint density at radius 2 is 2.25 bits per heavy atom. The number of aryl methyl sites for hydroxylation is 1. The fourth-order valence-electron chi connectivity index (χ4n) is 1.61. The Kier molecular flexibility index (Phi) is 5.49. The molecule has 0 bridgehead atoms. The Morgan fingerprint density at radius 3 is 2.81 bits per heavy atom. The molecule has 1 aromatic rings. The van der Waals surface area contributed by atoms with Gasteiger partial charge in [0.25, 0.3) is 0 Å². The van der Waals surface area contributed by atoms with E-state index in [1.54, 1.807) is 0 Å². The molecule has 0 spiro atoms. The third-order valence-corrected chi connectivity index (χ3v) is 2.60. The van der Waals surface area contributed by atoms with Crippen molar-refractivity contribution >= 4 is 0 Å². The van der Waals surface area contributed by atoms with Gasteiger partial charge in [-0.05, 0) is 26.6 Å². The molecule has 0 atom stereocenters. The van der Waals surface area contributed by atoms with E-state index in [1.807, 2.05) is 19.4 Å². The lowest BCUT2D eigenvalue weighted by Crippen LogP contribution is -2.28. The Hall–Kier alpha value is -0.870. The quantitative estimate of drug-likeness (QED) is 0.707. The van der Waals surface area contributed by atoms with Gasteiger partial charge in [0.1, 0.15) is 5.82 Å². The van der Waals surface area contributed by atoms with Crippen LogP contribution in [0.25, 0.3) is 0 Å². The van der Waals surface area contributed by atoms with Gasteiger partial charge in [0.2, 0.25) is 0 Å². The van der Waals surface area contributed by atoms with E-state index in [-0.39, 0.29) is 0 Å². The van der Waals surface area contributed by atoms with Crippen LogP contribution in [0.3, 0.4) is 0 Å². The minimum Gasteiger partial charge on any atom is -0.337 e. The summed E-state index contributed by atoms with van der Waals surface area (Å²) in [5.41, 5.74) is 0. The highest BCUT2D eigenvalue weighted by Gasteiger charge is 2.03. The molecule has 0 saturated heterocycles. The molecule has 0 aliphatic carbocycles. The minimum absolute atomic E-state index is 0.583. The summed E-state index contributed by atoms with van der Waals surface area (Å²) >= 11 is 0. The average molecular weight is 224 g/mol. The lowest BCUT2D eigenvalue weighted by Gasteiger charge is -2.16. The zero-order valence-electron chi connectivity index (χ0n) is 10.9. The molecule has 1 heterocycles. The van der Waals surface area contributed by atoms with Crippen LogP contribution in [-0.4, -0.2) is 40.6 Å². The fraction of sp³-hybridized carbons (Fsp3) is 0.750. The Labute approximate surface area is 98.7 Å². The Morgan fingerprint density at radius 1 is 1.50 bits per heavy atom. The van der Waals surface area contributed by atoms with Crippen molar-refractivity contribution in [1.82, 2.24) is 19.8 Å². The topological polar surface area (TPSA) is 33.1 Å². The van der Waals surface area contributed by atoms with Gasteiger partial charge in [-0.15, -0.1) is 0 Å². The standard InChI is InChI=1S/C12H24N4/c1-11(2)13-6-5-8-15(3)10-12-14-7-9-16(12)4/h7,9,11,13H,5-6,8,10H2,1-4H3. The smallest absolute Gasteiger partial charge is 0.122 e. The summed E-state index contributed by atoms with van der Waals surface area (Å²) in [5.74, 6) is 1.12. The lowest BCUT2D eigenvalue weighted by atomic mass is 10.3. The zero-order chi connectivity index (χ0) is 12.0. The van der Waals surface area contributed by atoms with Crippen molar-refractivity contribution in [3.05, 3.63) is 18.2 Å². The summed E-state index contributed by atoms with van der Waals surface area (Å²) < 4.78 is 2.07. The van der Waals surface area contributed by atoms with Gasteiger partial charge in [0, 0.05) is 25.5 Å². The van der Waals surface area contributed by atoms with E-state index in [2.05, 4.69) is 40.7 Å². The molecule has 4 nitrogen and oxygen atoms in total. The summed E-state index contributed by atoms with van der Waals surface area (Å²) in [6, 6.07) is 0.583. The van der Waals surface area contributed by atoms with E-state index in [9.17, 15) is 0 Å². The molecule has 0 aliphatic heterocycles. The predicted molar refractivity (Wildman–Crippen MR) is 67.3 cm³/mol. The summed E-state index contributed by atoms with van der Waals surface area (Å²) in [6.07, 6.45) is 5.02. The van der Waals surface area contributed by atoms with Crippen molar-refractivity contribution < 1.29 is 0 Å². The summed E-state index contributed by atoms with van der Waals surface area (Å²) in [5, 5.41) is 3.42. The SMILES string of the molecule is CC(C)NCCCN(C)Cc1nccn1C. The molecule has 0 amide bonds. The number of imidazole rings is 1. The normalized spacial score (nSPS) is 11.6. The van der Waals surface area contributed by atoms with E-state index in [0.717, 1.165) is 25.5 Å². The molecule has 0 unspecified atom stereocenters. The number of hydrogen-bond donors (Lipinski definition) is 1. The second-order valence-corrected chi connectivity index (χ2v) is 4.65. The molecule has 1 aromatic heterocycles. The van der Waals surface area contributed by atoms with Crippen LogP contribution in [0.5, 0.6) is 0 Å². The van der Waals surface area contributed by atoms with Gasteiger partial charge >= 0.3 is 0 Å². The van der Waals surface area contributed by atoms with Gasteiger partial charge in [0.05, 0.1) is 6.54 Å². The molecule has 0 radical (unpaired) electrons. The number of aromatic nitrogens is 2. The van der Waals surface area contributed by atoms with Gasteiger partial charge < -0.3 is 9.88 Å². The van der Waals surface area contributed by atoms with Crippen molar-refractivity contribution in [2.45, 2.75) is 32.9 Å². The van der Waals surface area contributed by atoms with Crippen molar-refractivity contribution in [3.8, 4) is 0 Å². The number of hydrogen-bond acceptors (Lipinski definition) is 3. The lowest BCUT2D eigenvalue weighted by molar-refractivity contribution is 0.307. The summed E-state index contributed by atoms with van der Waals surface area (Å²) in [6.45, 7) is 7.47. The first-order valence-electron chi connectivity index (χ1n) is 5.97. The maximum atomic E-state index is 4.32. The van der Waals surface area contributed by atoms with Crippen molar-refractivity contribution in [2.75, 3.05) is 20.1 Å². The van der Waals surface area contributed by atoms with Crippen LogP contribution >= 0.6 is 0 Å².